The molecule has 1 saturated heterocycles. The van der Waals surface area contributed by atoms with Gasteiger partial charge in [0.05, 0.1) is 6.54 Å². The smallest absolute Gasteiger partial charge is 0.317 e. The molecular formula is C9H18N4O3. The summed E-state index contributed by atoms with van der Waals surface area (Å²) in [5.41, 5.74) is 5.28. The zero-order valence-electron chi connectivity index (χ0n) is 9.19. The fourth-order valence-electron chi connectivity index (χ4n) is 1.59. The van der Waals surface area contributed by atoms with Crippen molar-refractivity contribution >= 4 is 12.0 Å². The van der Waals surface area contributed by atoms with Gasteiger partial charge in [-0.1, -0.05) is 0 Å². The van der Waals surface area contributed by atoms with Crippen LogP contribution in [-0.4, -0.2) is 72.7 Å². The van der Waals surface area contributed by atoms with E-state index in [1.807, 2.05) is 4.90 Å². The number of nitrogens with one attached hydrogen (secondary N) is 1. The highest BCUT2D eigenvalue weighted by Crippen LogP contribution is 2.01. The number of piperazine rings is 1. The summed E-state index contributed by atoms with van der Waals surface area (Å²) >= 11 is 0. The van der Waals surface area contributed by atoms with E-state index in [2.05, 4.69) is 5.32 Å². The number of carboxylic acids is 1. The van der Waals surface area contributed by atoms with Gasteiger partial charge in [-0.25, -0.2) is 4.79 Å². The van der Waals surface area contributed by atoms with Crippen LogP contribution in [0.4, 0.5) is 4.79 Å². The van der Waals surface area contributed by atoms with E-state index < -0.39 is 5.97 Å². The summed E-state index contributed by atoms with van der Waals surface area (Å²) in [5.74, 6) is -0.832. The Labute approximate surface area is 94.2 Å². The van der Waals surface area contributed by atoms with E-state index in [0.717, 1.165) is 0 Å². The highest BCUT2D eigenvalue weighted by atomic mass is 16.4. The number of nitrogens with zero attached hydrogens (tertiary/aromatic N) is 2. The summed E-state index contributed by atoms with van der Waals surface area (Å²) in [5, 5.41) is 11.3. The zero-order valence-corrected chi connectivity index (χ0v) is 9.19. The maximum Gasteiger partial charge on any atom is 0.317 e. The normalized spacial score (nSPS) is 17.2. The summed E-state index contributed by atoms with van der Waals surface area (Å²) in [6.07, 6.45) is 0. The number of rotatable bonds is 4. The lowest BCUT2D eigenvalue weighted by molar-refractivity contribution is -0.138. The average molecular weight is 230 g/mol. The summed E-state index contributed by atoms with van der Waals surface area (Å²) in [7, 11) is 0. The molecule has 1 aliphatic heterocycles. The van der Waals surface area contributed by atoms with Gasteiger partial charge in [0.25, 0.3) is 0 Å². The molecule has 0 saturated carbocycles. The second-order valence-electron chi connectivity index (χ2n) is 3.68. The Morgan fingerprint density at radius 1 is 1.25 bits per heavy atom. The second kappa shape index (κ2) is 6.29. The third-order valence-corrected chi connectivity index (χ3v) is 2.44. The average Bonchev–Trinajstić information content (AvgIpc) is 2.26. The van der Waals surface area contributed by atoms with Gasteiger partial charge < -0.3 is 21.1 Å². The van der Waals surface area contributed by atoms with Crippen molar-refractivity contribution in [3.63, 3.8) is 0 Å². The van der Waals surface area contributed by atoms with Crippen molar-refractivity contribution in [2.45, 2.75) is 0 Å². The van der Waals surface area contributed by atoms with Crippen molar-refractivity contribution in [3.05, 3.63) is 0 Å². The molecule has 92 valence electrons. The Kier molecular flexibility index (Phi) is 5.00. The molecule has 1 heterocycles. The number of hydrogen-bond acceptors (Lipinski definition) is 4. The number of aliphatic carboxylic acids is 1. The third kappa shape index (κ3) is 4.03. The molecule has 7 nitrogen and oxygen atoms in total. The first-order valence-electron chi connectivity index (χ1n) is 5.30. The lowest BCUT2D eigenvalue weighted by Crippen LogP contribution is -2.53. The van der Waals surface area contributed by atoms with Crippen LogP contribution in [0.2, 0.25) is 0 Å². The van der Waals surface area contributed by atoms with Crippen molar-refractivity contribution in [1.82, 2.24) is 15.1 Å². The molecule has 0 aliphatic carbocycles. The maximum atomic E-state index is 11.5. The van der Waals surface area contributed by atoms with Crippen LogP contribution in [0.5, 0.6) is 0 Å². The Morgan fingerprint density at radius 2 is 1.88 bits per heavy atom. The molecule has 0 spiro atoms. The summed E-state index contributed by atoms with van der Waals surface area (Å²) in [4.78, 5) is 25.5. The molecule has 0 atom stereocenters. The molecular weight excluding hydrogens is 212 g/mol. The predicted octanol–water partition coefficient (Wildman–Crippen LogP) is -1.64. The minimum atomic E-state index is -0.832. The standard InChI is InChI=1S/C9H18N4O3/c10-1-2-11-9(16)13-5-3-12(4-6-13)7-8(14)15/h1-7,10H2,(H,11,16)(H,14,15). The molecule has 0 aromatic rings. The fraction of sp³-hybridized carbons (Fsp3) is 0.778. The van der Waals surface area contributed by atoms with Gasteiger partial charge in [0.2, 0.25) is 0 Å². The minimum Gasteiger partial charge on any atom is -0.480 e. The molecule has 4 N–H and O–H groups in total. The van der Waals surface area contributed by atoms with Crippen molar-refractivity contribution in [1.29, 1.82) is 0 Å². The number of urea groups is 1. The lowest BCUT2D eigenvalue weighted by atomic mass is 10.3. The molecule has 0 radical (unpaired) electrons. The SMILES string of the molecule is NCCNC(=O)N1CCN(CC(=O)O)CC1. The van der Waals surface area contributed by atoms with Crippen LogP contribution < -0.4 is 11.1 Å². The van der Waals surface area contributed by atoms with Crippen molar-refractivity contribution in [2.24, 2.45) is 5.73 Å². The van der Waals surface area contributed by atoms with Crippen LogP contribution in [0.1, 0.15) is 0 Å². The van der Waals surface area contributed by atoms with E-state index in [-0.39, 0.29) is 12.6 Å². The fourth-order valence-corrected chi connectivity index (χ4v) is 1.59. The van der Waals surface area contributed by atoms with Crippen molar-refractivity contribution in [3.8, 4) is 0 Å². The maximum absolute atomic E-state index is 11.5. The second-order valence-corrected chi connectivity index (χ2v) is 3.68. The molecule has 7 heteroatoms. The number of carbonyl (C=O) groups is 2. The molecule has 2 amide bonds. The van der Waals surface area contributed by atoms with Crippen molar-refractivity contribution in [2.75, 3.05) is 45.8 Å². The monoisotopic (exact) mass is 230 g/mol. The number of nitrogens with two attached hydrogens (primary N) is 1. The van der Waals surface area contributed by atoms with Gasteiger partial charge in [0.15, 0.2) is 0 Å². The van der Waals surface area contributed by atoms with Crippen LogP contribution in [0.25, 0.3) is 0 Å². The Balaban J connectivity index is 2.25. The van der Waals surface area contributed by atoms with E-state index >= 15 is 0 Å². The third-order valence-electron chi connectivity index (χ3n) is 2.44. The number of carbonyl (C=O) groups excluding carboxylic acids is 1. The molecule has 0 bridgehead atoms. The van der Waals surface area contributed by atoms with E-state index in [1.165, 1.54) is 0 Å². The summed E-state index contributed by atoms with van der Waals surface area (Å²) in [6, 6.07) is -0.125. The zero-order chi connectivity index (χ0) is 12.0. The quantitative estimate of drug-likeness (QED) is 0.538. The van der Waals surface area contributed by atoms with Gasteiger partial charge in [-0.05, 0) is 0 Å². The number of amides is 2. The topological polar surface area (TPSA) is 98.9 Å². The molecule has 16 heavy (non-hydrogen) atoms. The molecule has 1 aliphatic rings. The Hall–Kier alpha value is -1.34. The van der Waals surface area contributed by atoms with Crippen LogP contribution >= 0.6 is 0 Å². The van der Waals surface area contributed by atoms with Gasteiger partial charge in [0, 0.05) is 39.3 Å². The number of carboxylic acid groups (broad SMARTS) is 1. The first-order chi connectivity index (χ1) is 7.63. The largest absolute Gasteiger partial charge is 0.480 e. The van der Waals surface area contributed by atoms with Gasteiger partial charge >= 0.3 is 12.0 Å². The highest BCUT2D eigenvalue weighted by molar-refractivity contribution is 5.74. The molecule has 0 aromatic heterocycles. The van der Waals surface area contributed by atoms with Gasteiger partial charge in [-0.2, -0.15) is 0 Å². The van der Waals surface area contributed by atoms with Crippen LogP contribution in [-0.2, 0) is 4.79 Å². The van der Waals surface area contributed by atoms with Gasteiger partial charge in [-0.15, -0.1) is 0 Å². The summed E-state index contributed by atoms with van der Waals surface area (Å²) < 4.78 is 0. The van der Waals surface area contributed by atoms with Crippen molar-refractivity contribution < 1.29 is 14.7 Å². The Bertz CT molecular complexity index is 251. The summed E-state index contributed by atoms with van der Waals surface area (Å²) in [6.45, 7) is 3.25. The molecule has 0 unspecified atom stereocenters. The van der Waals surface area contributed by atoms with E-state index in [9.17, 15) is 9.59 Å². The molecule has 0 aromatic carbocycles. The first-order valence-corrected chi connectivity index (χ1v) is 5.30. The molecule has 1 rings (SSSR count). The lowest BCUT2D eigenvalue weighted by Gasteiger charge is -2.33. The Morgan fingerprint density at radius 3 is 2.38 bits per heavy atom. The van der Waals surface area contributed by atoms with E-state index in [0.29, 0.717) is 39.3 Å². The van der Waals surface area contributed by atoms with Crippen LogP contribution in [0.3, 0.4) is 0 Å². The van der Waals surface area contributed by atoms with E-state index in [4.69, 9.17) is 10.8 Å². The number of hydrogen-bond donors (Lipinski definition) is 3. The van der Waals surface area contributed by atoms with Crippen LogP contribution in [0.15, 0.2) is 0 Å². The van der Waals surface area contributed by atoms with E-state index in [1.54, 1.807) is 4.90 Å². The van der Waals surface area contributed by atoms with Gasteiger partial charge in [0.1, 0.15) is 0 Å². The minimum absolute atomic E-state index is 0.0399. The van der Waals surface area contributed by atoms with Gasteiger partial charge in [-0.3, -0.25) is 9.69 Å². The predicted molar refractivity (Wildman–Crippen MR) is 58.1 cm³/mol. The molecule has 1 fully saturated rings. The highest BCUT2D eigenvalue weighted by Gasteiger charge is 2.21. The first kappa shape index (κ1) is 12.7. The van der Waals surface area contributed by atoms with Crippen LogP contribution in [0, 0.1) is 0 Å².